The Morgan fingerprint density at radius 1 is 1.19 bits per heavy atom. The molecule has 37 heavy (non-hydrogen) atoms. The minimum atomic E-state index is -3.12. The van der Waals surface area contributed by atoms with Gasteiger partial charge < -0.3 is 0 Å². The SMILES string of the molecule is CC1=C(C#N)[C@@H](c2ccc(C#N)cc2)n2nc(NC(=O)C3(C)CC3(F)F)nc2N1c1cccc(CF)c1. The summed E-state index contributed by atoms with van der Waals surface area (Å²) in [6.07, 6.45) is -0.575. The van der Waals surface area contributed by atoms with Crippen molar-refractivity contribution in [3.05, 3.63) is 76.5 Å². The van der Waals surface area contributed by atoms with Gasteiger partial charge in [0, 0.05) is 17.8 Å². The lowest BCUT2D eigenvalue weighted by molar-refractivity contribution is -0.124. The lowest BCUT2D eigenvalue weighted by atomic mass is 9.95. The summed E-state index contributed by atoms with van der Waals surface area (Å²) in [5.74, 6) is -4.04. The fourth-order valence-electron chi connectivity index (χ4n) is 4.45. The van der Waals surface area contributed by atoms with Crippen molar-refractivity contribution in [2.75, 3.05) is 10.2 Å². The van der Waals surface area contributed by atoms with Crippen LogP contribution in [-0.2, 0) is 11.5 Å². The van der Waals surface area contributed by atoms with Crippen molar-refractivity contribution >= 4 is 23.5 Å². The summed E-state index contributed by atoms with van der Waals surface area (Å²) < 4.78 is 42.4. The predicted molar refractivity (Wildman–Crippen MR) is 127 cm³/mol. The molecule has 1 aliphatic carbocycles. The summed E-state index contributed by atoms with van der Waals surface area (Å²) in [6, 6.07) is 16.7. The third-order valence-corrected chi connectivity index (χ3v) is 6.84. The van der Waals surface area contributed by atoms with E-state index in [1.807, 2.05) is 6.07 Å². The van der Waals surface area contributed by atoms with E-state index < -0.39 is 36.4 Å². The average molecular weight is 503 g/mol. The first-order valence-electron chi connectivity index (χ1n) is 11.4. The summed E-state index contributed by atoms with van der Waals surface area (Å²) in [5, 5.41) is 26.1. The first kappa shape index (κ1) is 24.1. The number of carbonyl (C=O) groups excluding carboxylic acids is 1. The number of nitrogens with one attached hydrogen (secondary N) is 1. The van der Waals surface area contributed by atoms with Gasteiger partial charge in [0.15, 0.2) is 0 Å². The van der Waals surface area contributed by atoms with Crippen LogP contribution in [0.2, 0.25) is 0 Å². The second kappa shape index (κ2) is 8.49. The van der Waals surface area contributed by atoms with Gasteiger partial charge >= 0.3 is 0 Å². The van der Waals surface area contributed by atoms with E-state index in [4.69, 9.17) is 5.26 Å². The molecule has 186 valence electrons. The van der Waals surface area contributed by atoms with Crippen molar-refractivity contribution in [1.82, 2.24) is 14.8 Å². The first-order valence-corrected chi connectivity index (χ1v) is 11.4. The molecule has 5 rings (SSSR count). The zero-order valence-corrected chi connectivity index (χ0v) is 19.8. The maximum Gasteiger partial charge on any atom is 0.263 e. The fraction of sp³-hybridized carbons (Fsp3) is 0.269. The van der Waals surface area contributed by atoms with Crippen LogP contribution >= 0.6 is 0 Å². The molecule has 1 fully saturated rings. The highest BCUT2D eigenvalue weighted by molar-refractivity contribution is 5.97. The molecule has 8 nitrogen and oxygen atoms in total. The van der Waals surface area contributed by atoms with Crippen molar-refractivity contribution < 1.29 is 18.0 Å². The molecule has 3 aromatic rings. The van der Waals surface area contributed by atoms with Gasteiger partial charge in [0.2, 0.25) is 11.9 Å². The second-order valence-corrected chi connectivity index (χ2v) is 9.23. The van der Waals surface area contributed by atoms with Crippen LogP contribution in [-0.4, -0.2) is 26.6 Å². The van der Waals surface area contributed by atoms with Gasteiger partial charge in [-0.2, -0.15) is 15.5 Å². The highest BCUT2D eigenvalue weighted by Gasteiger charge is 2.72. The normalized spacial score (nSPS) is 21.6. The van der Waals surface area contributed by atoms with Crippen LogP contribution in [0, 0.1) is 28.1 Å². The Labute approximate surface area is 210 Å². The van der Waals surface area contributed by atoms with Gasteiger partial charge in [-0.1, -0.05) is 24.3 Å². The molecule has 11 heteroatoms. The monoisotopic (exact) mass is 503 g/mol. The maximum absolute atomic E-state index is 13.8. The molecule has 2 aliphatic rings. The largest absolute Gasteiger partial charge is 0.292 e. The molecule has 2 aromatic carbocycles. The van der Waals surface area contributed by atoms with Gasteiger partial charge in [-0.3, -0.25) is 15.0 Å². The van der Waals surface area contributed by atoms with E-state index in [1.54, 1.807) is 60.4 Å². The number of nitriles is 2. The Morgan fingerprint density at radius 2 is 1.89 bits per heavy atom. The Hall–Kier alpha value is -4.64. The number of nitrogens with zero attached hydrogens (tertiary/aromatic N) is 6. The van der Waals surface area contributed by atoms with E-state index >= 15 is 0 Å². The van der Waals surface area contributed by atoms with Crippen LogP contribution < -0.4 is 10.2 Å². The zero-order chi connectivity index (χ0) is 26.5. The van der Waals surface area contributed by atoms with Gasteiger partial charge in [0.05, 0.1) is 23.3 Å². The number of rotatable bonds is 5. The number of hydrogen-bond donors (Lipinski definition) is 1. The highest BCUT2D eigenvalue weighted by Crippen LogP contribution is 2.60. The Balaban J connectivity index is 1.65. The van der Waals surface area contributed by atoms with E-state index in [9.17, 15) is 23.2 Å². The summed E-state index contributed by atoms with van der Waals surface area (Å²) in [6.45, 7) is 2.18. The molecular formula is C26H20F3N7O. The number of carbonyl (C=O) groups is 1. The van der Waals surface area contributed by atoms with Crippen LogP contribution in [0.5, 0.6) is 0 Å². The summed E-state index contributed by atoms with van der Waals surface area (Å²) in [5.41, 5.74) is 0.891. The van der Waals surface area contributed by atoms with E-state index in [1.165, 1.54) is 11.6 Å². The summed E-state index contributed by atoms with van der Waals surface area (Å²) >= 11 is 0. The Bertz CT molecular complexity index is 1530. The number of benzene rings is 2. The number of hydrogen-bond acceptors (Lipinski definition) is 6. The van der Waals surface area contributed by atoms with Gasteiger partial charge in [0.1, 0.15) is 18.1 Å². The van der Waals surface area contributed by atoms with Gasteiger partial charge in [0.25, 0.3) is 11.9 Å². The molecular weight excluding hydrogens is 483 g/mol. The van der Waals surface area contributed by atoms with Gasteiger partial charge in [-0.15, -0.1) is 5.10 Å². The molecule has 1 aromatic heterocycles. The van der Waals surface area contributed by atoms with Crippen LogP contribution in [0.15, 0.2) is 59.8 Å². The first-order chi connectivity index (χ1) is 17.6. The van der Waals surface area contributed by atoms with Crippen molar-refractivity contribution in [3.63, 3.8) is 0 Å². The van der Waals surface area contributed by atoms with Crippen molar-refractivity contribution in [2.24, 2.45) is 5.41 Å². The molecule has 1 aliphatic heterocycles. The van der Waals surface area contributed by atoms with Crippen LogP contribution in [0.1, 0.15) is 43.0 Å². The lowest BCUT2D eigenvalue weighted by Crippen LogP contribution is -2.31. The molecule has 2 heterocycles. The number of amides is 1. The van der Waals surface area contributed by atoms with Crippen LogP contribution in [0.3, 0.4) is 0 Å². The molecule has 0 bridgehead atoms. The molecule has 0 radical (unpaired) electrons. The highest BCUT2D eigenvalue weighted by atomic mass is 19.3. The Kier molecular flexibility index (Phi) is 5.52. The smallest absolute Gasteiger partial charge is 0.263 e. The molecule has 1 saturated carbocycles. The molecule has 1 amide bonds. The molecule has 2 atom stereocenters. The van der Waals surface area contributed by atoms with E-state index in [0.29, 0.717) is 33.6 Å². The number of alkyl halides is 3. The lowest BCUT2D eigenvalue weighted by Gasteiger charge is -2.34. The van der Waals surface area contributed by atoms with Gasteiger partial charge in [-0.05, 0) is 49.2 Å². The number of halogens is 3. The quantitative estimate of drug-likeness (QED) is 0.516. The molecule has 1 unspecified atom stereocenters. The van der Waals surface area contributed by atoms with E-state index in [-0.39, 0.29) is 11.9 Å². The topological polar surface area (TPSA) is 111 Å². The third-order valence-electron chi connectivity index (χ3n) is 6.84. The van der Waals surface area contributed by atoms with Crippen molar-refractivity contribution in [2.45, 2.75) is 38.9 Å². The van der Waals surface area contributed by atoms with Gasteiger partial charge in [-0.25, -0.2) is 17.9 Å². The van der Waals surface area contributed by atoms with Crippen molar-refractivity contribution in [3.8, 4) is 12.1 Å². The third kappa shape index (κ3) is 3.80. The minimum Gasteiger partial charge on any atom is -0.292 e. The minimum absolute atomic E-state index is 0.199. The Morgan fingerprint density at radius 3 is 2.49 bits per heavy atom. The number of allylic oxidation sites excluding steroid dienone is 2. The molecule has 0 spiro atoms. The second-order valence-electron chi connectivity index (χ2n) is 9.23. The van der Waals surface area contributed by atoms with E-state index in [0.717, 1.165) is 0 Å². The van der Waals surface area contributed by atoms with Crippen LogP contribution in [0.25, 0.3) is 0 Å². The maximum atomic E-state index is 13.8. The summed E-state index contributed by atoms with van der Waals surface area (Å²) in [7, 11) is 0. The van der Waals surface area contributed by atoms with Crippen LogP contribution in [0.4, 0.5) is 30.8 Å². The predicted octanol–water partition coefficient (Wildman–Crippen LogP) is 5.14. The molecule has 0 saturated heterocycles. The number of anilines is 3. The van der Waals surface area contributed by atoms with E-state index in [2.05, 4.69) is 21.5 Å². The summed E-state index contributed by atoms with van der Waals surface area (Å²) in [4.78, 5) is 18.7. The standard InChI is InChI=1S/C26H20F3N7O/c1-15-20(13-31)21(18-8-6-16(12-30)7-9-18)36-24(35(15)19-5-3-4-17(10-19)11-27)33-23(34-36)32-22(37)25(2)14-26(25,28)29/h3-10,21H,11,14H2,1-2H3,(H,32,34,37)/t21-,25?/m1/s1. The number of fused-ring (bicyclic) bond motifs is 1. The average Bonchev–Trinajstić information content (AvgIpc) is 3.19. The fourth-order valence-corrected chi connectivity index (χ4v) is 4.45. The number of aromatic nitrogens is 3. The molecule has 1 N–H and O–H groups in total. The zero-order valence-electron chi connectivity index (χ0n) is 19.8. The van der Waals surface area contributed by atoms with Crippen molar-refractivity contribution in [1.29, 1.82) is 10.5 Å².